The summed E-state index contributed by atoms with van der Waals surface area (Å²) in [7, 11) is 0. The Balaban J connectivity index is 1.33. The molecule has 2 N–H and O–H groups in total. The summed E-state index contributed by atoms with van der Waals surface area (Å²) in [4.78, 5) is 26.9. The quantitative estimate of drug-likeness (QED) is 0.162. The van der Waals surface area contributed by atoms with E-state index in [0.29, 0.717) is 37.6 Å². The van der Waals surface area contributed by atoms with Crippen LogP contribution in [-0.2, 0) is 22.6 Å². The lowest BCUT2D eigenvalue weighted by Crippen LogP contribution is -2.07. The van der Waals surface area contributed by atoms with E-state index in [1.54, 1.807) is 23.0 Å². The number of unbranched alkanes of at least 4 members (excludes halogenated alkanes) is 1. The van der Waals surface area contributed by atoms with Crippen LogP contribution in [0, 0.1) is 12.7 Å². The molecule has 214 valence electrons. The fourth-order valence-corrected chi connectivity index (χ4v) is 4.60. The molecule has 2 aromatic heterocycles. The highest BCUT2D eigenvalue weighted by Gasteiger charge is 2.13. The second-order valence-electron chi connectivity index (χ2n) is 9.73. The first kappa shape index (κ1) is 29.3. The van der Waals surface area contributed by atoms with Crippen LogP contribution in [0.4, 0.5) is 4.39 Å². The van der Waals surface area contributed by atoms with Gasteiger partial charge in [-0.3, -0.25) is 14.6 Å². The number of carboxylic acids is 2. The summed E-state index contributed by atoms with van der Waals surface area (Å²) in [6.45, 7) is 2.65. The number of aryl methyl sites for hydroxylation is 2. The third kappa shape index (κ3) is 8.41. The van der Waals surface area contributed by atoms with E-state index in [2.05, 4.69) is 4.98 Å². The second-order valence-corrected chi connectivity index (χ2v) is 9.73. The maximum Gasteiger partial charge on any atom is 0.323 e. The van der Waals surface area contributed by atoms with Gasteiger partial charge in [-0.2, -0.15) is 0 Å². The molecule has 4 rings (SSSR count). The van der Waals surface area contributed by atoms with E-state index >= 15 is 0 Å². The molecule has 0 saturated carbocycles. The molecule has 0 radical (unpaired) electrons. The van der Waals surface area contributed by atoms with Gasteiger partial charge in [0.2, 0.25) is 0 Å². The number of para-hydroxylation sites is 1. The lowest BCUT2D eigenvalue weighted by Gasteiger charge is -2.09. The van der Waals surface area contributed by atoms with Gasteiger partial charge in [0.25, 0.3) is 0 Å². The Kier molecular flexibility index (Phi) is 10.1. The van der Waals surface area contributed by atoms with E-state index < -0.39 is 11.9 Å². The molecule has 0 amide bonds. The van der Waals surface area contributed by atoms with Gasteiger partial charge >= 0.3 is 11.9 Å². The van der Waals surface area contributed by atoms with Crippen molar-refractivity contribution in [1.82, 2.24) is 9.55 Å². The minimum absolute atomic E-state index is 0.0578. The number of halogens is 1. The zero-order chi connectivity index (χ0) is 29.2. The molecular weight excluding hydrogens is 527 g/mol. The Hall–Kier alpha value is -4.66. The molecule has 0 atom stereocenters. The number of ether oxygens (including phenoxy) is 2. The fourth-order valence-electron chi connectivity index (χ4n) is 4.60. The number of fused-ring (bicyclic) bond motifs is 1. The third-order valence-corrected chi connectivity index (χ3v) is 6.55. The summed E-state index contributed by atoms with van der Waals surface area (Å²) in [6.07, 6.45) is 9.88. The fraction of sp³-hybridized carbons (Fsp3) is 0.281. The lowest BCUT2D eigenvalue weighted by molar-refractivity contribution is -0.138. The van der Waals surface area contributed by atoms with Crippen molar-refractivity contribution >= 4 is 35.0 Å². The van der Waals surface area contributed by atoms with Crippen LogP contribution in [0.5, 0.6) is 11.5 Å². The maximum atomic E-state index is 13.2. The number of hydrogen-bond acceptors (Lipinski definition) is 5. The zero-order valence-corrected chi connectivity index (χ0v) is 22.9. The topological polar surface area (TPSA) is 111 Å². The van der Waals surface area contributed by atoms with Crippen molar-refractivity contribution in [3.05, 3.63) is 89.1 Å². The molecule has 0 aliphatic heterocycles. The van der Waals surface area contributed by atoms with Crippen LogP contribution in [0.25, 0.3) is 23.1 Å². The lowest BCUT2D eigenvalue weighted by atomic mass is 10.0. The summed E-state index contributed by atoms with van der Waals surface area (Å²) in [5, 5.41) is 19.3. The van der Waals surface area contributed by atoms with Crippen LogP contribution >= 0.6 is 0 Å². The second kappa shape index (κ2) is 14.1. The van der Waals surface area contributed by atoms with Crippen molar-refractivity contribution in [1.29, 1.82) is 0 Å². The van der Waals surface area contributed by atoms with Gasteiger partial charge in [0.15, 0.2) is 0 Å². The first-order valence-corrected chi connectivity index (χ1v) is 13.5. The van der Waals surface area contributed by atoms with Crippen LogP contribution in [0.3, 0.4) is 0 Å². The van der Waals surface area contributed by atoms with Gasteiger partial charge in [0.05, 0.1) is 30.6 Å². The van der Waals surface area contributed by atoms with Crippen molar-refractivity contribution in [2.24, 2.45) is 0 Å². The van der Waals surface area contributed by atoms with Crippen LogP contribution in [0.1, 0.15) is 48.1 Å². The molecule has 4 aromatic rings. The van der Waals surface area contributed by atoms with Gasteiger partial charge in [0, 0.05) is 18.0 Å². The maximum absolute atomic E-state index is 13.2. The molecule has 8 nitrogen and oxygen atoms in total. The smallest absolute Gasteiger partial charge is 0.323 e. The predicted octanol–water partition coefficient (Wildman–Crippen LogP) is 6.38. The highest BCUT2D eigenvalue weighted by Crippen LogP contribution is 2.28. The highest BCUT2D eigenvalue weighted by molar-refractivity contribution is 5.94. The molecule has 0 unspecified atom stereocenters. The summed E-state index contributed by atoms with van der Waals surface area (Å²) >= 11 is 0. The van der Waals surface area contributed by atoms with E-state index in [0.717, 1.165) is 46.1 Å². The first-order valence-electron chi connectivity index (χ1n) is 13.5. The van der Waals surface area contributed by atoms with Crippen LogP contribution < -0.4 is 9.47 Å². The van der Waals surface area contributed by atoms with E-state index in [9.17, 15) is 19.1 Å². The predicted molar refractivity (Wildman–Crippen MR) is 155 cm³/mol. The molecule has 2 aromatic carbocycles. The van der Waals surface area contributed by atoms with Crippen molar-refractivity contribution < 1.29 is 33.7 Å². The van der Waals surface area contributed by atoms with Crippen molar-refractivity contribution in [2.45, 2.75) is 45.6 Å². The average Bonchev–Trinajstić information content (AvgIpc) is 3.28. The monoisotopic (exact) mass is 560 g/mol. The number of carboxylic acid groups (broad SMARTS) is 2. The molecule has 0 fully saturated rings. The number of carbonyl (C=O) groups is 2. The number of pyridine rings is 1. The van der Waals surface area contributed by atoms with E-state index in [-0.39, 0.29) is 18.8 Å². The number of aromatic nitrogens is 2. The van der Waals surface area contributed by atoms with Crippen molar-refractivity contribution in [2.75, 3.05) is 13.2 Å². The Morgan fingerprint density at radius 3 is 2.49 bits per heavy atom. The molecule has 0 bridgehead atoms. The third-order valence-electron chi connectivity index (χ3n) is 6.55. The minimum Gasteiger partial charge on any atom is -0.493 e. The standard InChI is InChI=1S/C32H33FN2O6/c1-22-18-25(33)11-15-29(22)41-17-3-2-16-40-27-14-13-26(34-19-27)12-10-23-6-4-8-28-24(7-5-9-30(36)37)20-35(32(23)28)21-31(38)39/h4,6,8,10-15,18-20H,2-3,5,7,9,16-17,21H2,1H3,(H,36,37)(H,38,39). The zero-order valence-electron chi connectivity index (χ0n) is 22.9. The summed E-state index contributed by atoms with van der Waals surface area (Å²) in [6, 6.07) is 13.9. The van der Waals surface area contributed by atoms with E-state index in [4.69, 9.17) is 14.6 Å². The molecule has 2 heterocycles. The summed E-state index contributed by atoms with van der Waals surface area (Å²) in [5.41, 5.74) is 4.04. The Labute approximate surface area is 237 Å². The van der Waals surface area contributed by atoms with Gasteiger partial charge in [-0.25, -0.2) is 4.39 Å². The molecule has 0 aliphatic carbocycles. The van der Waals surface area contributed by atoms with Crippen LogP contribution in [-0.4, -0.2) is 44.9 Å². The number of nitrogens with zero attached hydrogens (tertiary/aromatic N) is 2. The molecule has 0 saturated heterocycles. The molecule has 0 spiro atoms. The van der Waals surface area contributed by atoms with Gasteiger partial charge in [-0.05, 0) is 85.7 Å². The van der Waals surface area contributed by atoms with E-state index in [1.807, 2.05) is 49.4 Å². The normalized spacial score (nSPS) is 11.3. The molecule has 9 heteroatoms. The highest BCUT2D eigenvalue weighted by atomic mass is 19.1. The van der Waals surface area contributed by atoms with Gasteiger partial charge in [-0.1, -0.05) is 24.3 Å². The van der Waals surface area contributed by atoms with Gasteiger partial charge in [-0.15, -0.1) is 0 Å². The Morgan fingerprint density at radius 2 is 1.78 bits per heavy atom. The van der Waals surface area contributed by atoms with Gasteiger partial charge < -0.3 is 24.3 Å². The first-order chi connectivity index (χ1) is 19.8. The van der Waals surface area contributed by atoms with Crippen molar-refractivity contribution in [3.63, 3.8) is 0 Å². The molecular formula is C32H33FN2O6. The number of hydrogen-bond donors (Lipinski definition) is 2. The largest absolute Gasteiger partial charge is 0.493 e. The Morgan fingerprint density at radius 1 is 0.976 bits per heavy atom. The summed E-state index contributed by atoms with van der Waals surface area (Å²) < 4.78 is 26.4. The van der Waals surface area contributed by atoms with Gasteiger partial charge in [0.1, 0.15) is 23.9 Å². The van der Waals surface area contributed by atoms with E-state index in [1.165, 1.54) is 12.1 Å². The number of rotatable bonds is 15. The number of aliphatic carboxylic acids is 2. The average molecular weight is 561 g/mol. The van der Waals surface area contributed by atoms with Crippen LogP contribution in [0.15, 0.2) is 60.9 Å². The molecule has 41 heavy (non-hydrogen) atoms. The molecule has 0 aliphatic rings. The van der Waals surface area contributed by atoms with Crippen LogP contribution in [0.2, 0.25) is 0 Å². The number of benzene rings is 2. The van der Waals surface area contributed by atoms with Crippen molar-refractivity contribution in [3.8, 4) is 11.5 Å². The Bertz CT molecular complexity index is 1530. The SMILES string of the molecule is Cc1cc(F)ccc1OCCCCOc1ccc(C=Cc2cccc3c(CCCC(=O)O)cn(CC(=O)O)c23)nc1. The minimum atomic E-state index is -0.953. The summed E-state index contributed by atoms with van der Waals surface area (Å²) in [5.74, 6) is -0.744.